The maximum absolute atomic E-state index is 13.6. The van der Waals surface area contributed by atoms with E-state index in [0.717, 1.165) is 28.9 Å². The van der Waals surface area contributed by atoms with Crippen molar-refractivity contribution in [3.8, 4) is 0 Å². The van der Waals surface area contributed by atoms with Gasteiger partial charge in [0, 0.05) is 27.2 Å². The standard InChI is InChI=1S/C20H20FNS/c1-13-18(19-11-16(21)6-9-20(19)22-13)10-14-4-7-17(8-5-14)23-12-15-2-3-15/h4-9,11,15,22H,2-3,10,12H2,1H3. The molecule has 0 spiro atoms. The summed E-state index contributed by atoms with van der Waals surface area (Å²) in [5.41, 5.74) is 4.60. The molecule has 3 aromatic rings. The summed E-state index contributed by atoms with van der Waals surface area (Å²) in [6.07, 6.45) is 3.64. The predicted molar refractivity (Wildman–Crippen MR) is 95.7 cm³/mol. The Morgan fingerprint density at radius 3 is 2.65 bits per heavy atom. The van der Waals surface area contributed by atoms with Crippen LogP contribution in [0.3, 0.4) is 0 Å². The molecular weight excluding hydrogens is 305 g/mol. The van der Waals surface area contributed by atoms with Crippen molar-refractivity contribution >= 4 is 22.7 Å². The van der Waals surface area contributed by atoms with E-state index in [1.807, 2.05) is 17.8 Å². The van der Waals surface area contributed by atoms with Crippen LogP contribution < -0.4 is 0 Å². The zero-order chi connectivity index (χ0) is 15.8. The van der Waals surface area contributed by atoms with Gasteiger partial charge in [-0.05, 0) is 73.6 Å². The Labute approximate surface area is 140 Å². The molecule has 3 heteroatoms. The molecule has 0 unspecified atom stereocenters. The molecule has 0 amide bonds. The van der Waals surface area contributed by atoms with E-state index in [9.17, 15) is 4.39 Å². The van der Waals surface area contributed by atoms with Crippen LogP contribution in [0.25, 0.3) is 10.9 Å². The maximum Gasteiger partial charge on any atom is 0.123 e. The van der Waals surface area contributed by atoms with Crippen molar-refractivity contribution in [3.63, 3.8) is 0 Å². The summed E-state index contributed by atoms with van der Waals surface area (Å²) in [6, 6.07) is 13.8. The molecule has 1 fully saturated rings. The van der Waals surface area contributed by atoms with E-state index in [1.54, 1.807) is 6.07 Å². The summed E-state index contributed by atoms with van der Waals surface area (Å²) in [5.74, 6) is 2.02. The summed E-state index contributed by atoms with van der Waals surface area (Å²) >= 11 is 1.96. The van der Waals surface area contributed by atoms with Gasteiger partial charge in [0.2, 0.25) is 0 Å². The third-order valence-corrected chi connectivity index (χ3v) is 5.81. The monoisotopic (exact) mass is 325 g/mol. The number of benzene rings is 2. The molecule has 0 saturated heterocycles. The molecule has 0 radical (unpaired) electrons. The molecule has 23 heavy (non-hydrogen) atoms. The first-order valence-electron chi connectivity index (χ1n) is 8.17. The Morgan fingerprint density at radius 1 is 1.13 bits per heavy atom. The van der Waals surface area contributed by atoms with Gasteiger partial charge in [-0.3, -0.25) is 0 Å². The average Bonchev–Trinajstić information content (AvgIpc) is 3.33. The highest BCUT2D eigenvalue weighted by molar-refractivity contribution is 7.99. The smallest absolute Gasteiger partial charge is 0.123 e. The molecule has 2 aromatic carbocycles. The van der Waals surface area contributed by atoms with E-state index in [1.165, 1.54) is 40.7 Å². The number of aromatic amines is 1. The number of rotatable bonds is 5. The van der Waals surface area contributed by atoms with Crippen molar-refractivity contribution < 1.29 is 4.39 Å². The molecular formula is C20H20FNS. The van der Waals surface area contributed by atoms with Crippen molar-refractivity contribution in [1.82, 2.24) is 4.98 Å². The number of aromatic nitrogens is 1. The second kappa shape index (κ2) is 6.04. The van der Waals surface area contributed by atoms with Crippen LogP contribution >= 0.6 is 11.8 Å². The Morgan fingerprint density at radius 2 is 1.91 bits per heavy atom. The third kappa shape index (κ3) is 3.30. The number of hydrogen-bond acceptors (Lipinski definition) is 1. The summed E-state index contributed by atoms with van der Waals surface area (Å²) in [6.45, 7) is 2.06. The quantitative estimate of drug-likeness (QED) is 0.594. The van der Waals surface area contributed by atoms with Crippen molar-refractivity contribution in [2.45, 2.75) is 31.1 Å². The molecule has 0 aliphatic heterocycles. The van der Waals surface area contributed by atoms with Crippen molar-refractivity contribution in [1.29, 1.82) is 0 Å². The summed E-state index contributed by atoms with van der Waals surface area (Å²) in [5, 5.41) is 0.995. The second-order valence-corrected chi connectivity index (χ2v) is 7.59. The summed E-state index contributed by atoms with van der Waals surface area (Å²) in [7, 11) is 0. The lowest BCUT2D eigenvalue weighted by molar-refractivity contribution is 0.629. The first-order valence-corrected chi connectivity index (χ1v) is 9.16. The average molecular weight is 325 g/mol. The van der Waals surface area contributed by atoms with Crippen LogP contribution in [0.15, 0.2) is 47.4 Å². The SMILES string of the molecule is Cc1[nH]c2ccc(F)cc2c1Cc1ccc(SCC2CC2)cc1. The van der Waals surface area contributed by atoms with Crippen LogP contribution in [0.1, 0.15) is 29.7 Å². The minimum Gasteiger partial charge on any atom is -0.358 e. The van der Waals surface area contributed by atoms with Crippen molar-refractivity contribution in [2.75, 3.05) is 5.75 Å². The zero-order valence-electron chi connectivity index (χ0n) is 13.2. The van der Waals surface area contributed by atoms with E-state index in [4.69, 9.17) is 0 Å². The topological polar surface area (TPSA) is 15.8 Å². The van der Waals surface area contributed by atoms with Crippen LogP contribution in [0.2, 0.25) is 0 Å². The van der Waals surface area contributed by atoms with Crippen molar-refractivity contribution in [2.24, 2.45) is 5.92 Å². The van der Waals surface area contributed by atoms with E-state index >= 15 is 0 Å². The molecule has 1 aliphatic rings. The van der Waals surface area contributed by atoms with E-state index in [2.05, 4.69) is 36.2 Å². The largest absolute Gasteiger partial charge is 0.358 e. The van der Waals surface area contributed by atoms with Crippen LogP contribution in [0, 0.1) is 18.7 Å². The fraction of sp³-hybridized carbons (Fsp3) is 0.300. The van der Waals surface area contributed by atoms with Gasteiger partial charge in [0.05, 0.1) is 0 Å². The number of hydrogen-bond donors (Lipinski definition) is 1. The number of H-pyrrole nitrogens is 1. The van der Waals surface area contributed by atoms with Crippen LogP contribution in [-0.4, -0.2) is 10.7 Å². The van der Waals surface area contributed by atoms with Gasteiger partial charge in [-0.15, -0.1) is 11.8 Å². The van der Waals surface area contributed by atoms with Gasteiger partial charge in [0.15, 0.2) is 0 Å². The molecule has 1 heterocycles. The van der Waals surface area contributed by atoms with Crippen LogP contribution in [0.5, 0.6) is 0 Å². The first-order chi connectivity index (χ1) is 11.2. The van der Waals surface area contributed by atoms with Gasteiger partial charge in [-0.25, -0.2) is 4.39 Å². The molecule has 1 nitrogen and oxygen atoms in total. The van der Waals surface area contributed by atoms with Gasteiger partial charge in [-0.2, -0.15) is 0 Å². The van der Waals surface area contributed by atoms with Gasteiger partial charge in [-0.1, -0.05) is 12.1 Å². The summed E-state index contributed by atoms with van der Waals surface area (Å²) in [4.78, 5) is 4.70. The normalized spacial score (nSPS) is 14.5. The molecule has 118 valence electrons. The number of aryl methyl sites for hydroxylation is 1. The van der Waals surface area contributed by atoms with Crippen LogP contribution in [0.4, 0.5) is 4.39 Å². The number of halogens is 1. The highest BCUT2D eigenvalue weighted by Crippen LogP contribution is 2.35. The maximum atomic E-state index is 13.6. The minimum atomic E-state index is -0.176. The number of nitrogens with one attached hydrogen (secondary N) is 1. The molecule has 1 saturated carbocycles. The molecule has 1 aromatic heterocycles. The Hall–Kier alpha value is -1.74. The Bertz CT molecular complexity index is 831. The lowest BCUT2D eigenvalue weighted by Crippen LogP contribution is -1.90. The lowest BCUT2D eigenvalue weighted by Gasteiger charge is -2.05. The predicted octanol–water partition coefficient (Wildman–Crippen LogP) is 5.71. The first kappa shape index (κ1) is 14.8. The highest BCUT2D eigenvalue weighted by atomic mass is 32.2. The van der Waals surface area contributed by atoms with E-state index in [-0.39, 0.29) is 5.82 Å². The van der Waals surface area contributed by atoms with Crippen LogP contribution in [-0.2, 0) is 6.42 Å². The fourth-order valence-corrected chi connectivity index (χ4v) is 4.08. The van der Waals surface area contributed by atoms with Gasteiger partial charge < -0.3 is 4.98 Å². The molecule has 4 rings (SSSR count). The Kier molecular flexibility index (Phi) is 3.90. The number of fused-ring (bicyclic) bond motifs is 1. The van der Waals surface area contributed by atoms with Gasteiger partial charge in [0.25, 0.3) is 0 Å². The fourth-order valence-electron chi connectivity index (χ4n) is 2.99. The second-order valence-electron chi connectivity index (χ2n) is 6.49. The van der Waals surface area contributed by atoms with E-state index in [0.29, 0.717) is 0 Å². The highest BCUT2D eigenvalue weighted by Gasteiger charge is 2.20. The molecule has 1 N–H and O–H groups in total. The Balaban J connectivity index is 1.55. The molecule has 1 aliphatic carbocycles. The third-order valence-electron chi connectivity index (χ3n) is 4.57. The van der Waals surface area contributed by atoms with Gasteiger partial charge in [0.1, 0.15) is 5.82 Å². The van der Waals surface area contributed by atoms with E-state index < -0.39 is 0 Å². The van der Waals surface area contributed by atoms with Crippen molar-refractivity contribution in [3.05, 3.63) is 65.1 Å². The lowest BCUT2D eigenvalue weighted by atomic mass is 10.0. The molecule has 0 bridgehead atoms. The van der Waals surface area contributed by atoms with Gasteiger partial charge >= 0.3 is 0 Å². The summed E-state index contributed by atoms with van der Waals surface area (Å²) < 4.78 is 13.6. The zero-order valence-corrected chi connectivity index (χ0v) is 14.0. The minimum absolute atomic E-state index is 0.176. The number of thioether (sulfide) groups is 1. The molecule has 0 atom stereocenters.